The Bertz CT molecular complexity index is 956. The van der Waals surface area contributed by atoms with Crippen molar-refractivity contribution >= 4 is 28.6 Å². The third-order valence-electron chi connectivity index (χ3n) is 3.23. The Hall–Kier alpha value is -3.34. The first kappa shape index (κ1) is 14.6. The zero-order chi connectivity index (χ0) is 16.2. The number of rotatable bonds is 3. The van der Waals surface area contributed by atoms with E-state index < -0.39 is 5.91 Å². The van der Waals surface area contributed by atoms with Crippen LogP contribution in [0.15, 0.2) is 70.1 Å². The van der Waals surface area contributed by atoms with Gasteiger partial charge >= 0.3 is 0 Å². The fraction of sp³-hybridized carbons (Fsp3) is 0. The third-order valence-corrected chi connectivity index (χ3v) is 3.23. The lowest BCUT2D eigenvalue weighted by molar-refractivity contribution is -0.111. The smallest absolute Gasteiger partial charge is 0.248 e. The van der Waals surface area contributed by atoms with Crippen LogP contribution in [0, 0.1) is 0 Å². The highest BCUT2D eigenvalue weighted by Crippen LogP contribution is 2.15. The van der Waals surface area contributed by atoms with E-state index in [4.69, 9.17) is 4.42 Å². The van der Waals surface area contributed by atoms with Crippen LogP contribution >= 0.6 is 0 Å². The fourth-order valence-corrected chi connectivity index (χ4v) is 2.14. The monoisotopic (exact) mass is 307 g/mol. The summed E-state index contributed by atoms with van der Waals surface area (Å²) in [6.07, 6.45) is 3.96. The molecule has 0 radical (unpaired) electrons. The van der Waals surface area contributed by atoms with Crippen LogP contribution in [-0.4, -0.2) is 11.0 Å². The minimum absolute atomic E-state index is 0.0574. The first-order chi connectivity index (χ1) is 11.1. The second kappa shape index (κ2) is 6.19. The lowest BCUT2D eigenvalue weighted by Crippen LogP contribution is -2.09. The summed E-state index contributed by atoms with van der Waals surface area (Å²) in [6, 6.07) is 13.1. The van der Waals surface area contributed by atoms with Gasteiger partial charge in [0.25, 0.3) is 0 Å². The molecule has 114 valence electrons. The molecular formula is C18H13NO4. The largest absolute Gasteiger partial charge is 0.508 e. The molecule has 0 saturated carbocycles. The maximum absolute atomic E-state index is 12.3. The average molecular weight is 307 g/mol. The molecule has 5 heteroatoms. The summed E-state index contributed by atoms with van der Waals surface area (Å²) in [4.78, 5) is 24.1. The predicted octanol–water partition coefficient (Wildman–Crippen LogP) is 3.15. The SMILES string of the molecule is O=C(/C=C/c1coc2ccccc2c1=O)Nc1cccc(O)c1. The van der Waals surface area contributed by atoms with E-state index in [1.807, 2.05) is 0 Å². The third kappa shape index (κ3) is 3.29. The molecule has 1 heterocycles. The highest BCUT2D eigenvalue weighted by atomic mass is 16.3. The van der Waals surface area contributed by atoms with Crippen molar-refractivity contribution in [1.82, 2.24) is 0 Å². The Morgan fingerprint density at radius 1 is 1.13 bits per heavy atom. The Labute approximate surface area is 131 Å². The number of para-hydroxylation sites is 1. The van der Waals surface area contributed by atoms with E-state index in [2.05, 4.69) is 5.32 Å². The van der Waals surface area contributed by atoms with E-state index in [-0.39, 0.29) is 16.7 Å². The van der Waals surface area contributed by atoms with E-state index in [0.29, 0.717) is 16.7 Å². The van der Waals surface area contributed by atoms with Crippen LogP contribution in [0.2, 0.25) is 0 Å². The minimum atomic E-state index is -0.414. The topological polar surface area (TPSA) is 79.5 Å². The number of hydrogen-bond acceptors (Lipinski definition) is 4. The van der Waals surface area contributed by atoms with Gasteiger partial charge in [0.2, 0.25) is 5.91 Å². The number of amides is 1. The Morgan fingerprint density at radius 2 is 1.96 bits per heavy atom. The molecule has 5 nitrogen and oxygen atoms in total. The van der Waals surface area contributed by atoms with Gasteiger partial charge in [0, 0.05) is 17.8 Å². The van der Waals surface area contributed by atoms with Gasteiger partial charge in [0.1, 0.15) is 17.6 Å². The van der Waals surface area contributed by atoms with Crippen molar-refractivity contribution in [3.8, 4) is 5.75 Å². The molecule has 0 bridgehead atoms. The molecule has 0 aliphatic rings. The molecular weight excluding hydrogens is 294 g/mol. The molecule has 3 rings (SSSR count). The highest BCUT2D eigenvalue weighted by molar-refractivity contribution is 6.02. The number of fused-ring (bicyclic) bond motifs is 1. The van der Waals surface area contributed by atoms with Crippen molar-refractivity contribution < 1.29 is 14.3 Å². The van der Waals surface area contributed by atoms with Gasteiger partial charge in [0.05, 0.1) is 10.9 Å². The Kier molecular flexibility index (Phi) is 3.93. The Balaban J connectivity index is 1.81. The summed E-state index contributed by atoms with van der Waals surface area (Å²) in [5.41, 5.74) is 1.05. The molecule has 0 aliphatic carbocycles. The van der Waals surface area contributed by atoms with Gasteiger partial charge in [-0.15, -0.1) is 0 Å². The number of benzene rings is 2. The quantitative estimate of drug-likeness (QED) is 0.728. The van der Waals surface area contributed by atoms with Crippen molar-refractivity contribution in [2.45, 2.75) is 0 Å². The van der Waals surface area contributed by atoms with Crippen molar-refractivity contribution in [3.05, 3.63) is 76.7 Å². The van der Waals surface area contributed by atoms with E-state index in [1.165, 1.54) is 30.5 Å². The number of phenols is 1. The normalized spacial score (nSPS) is 11.0. The first-order valence-electron chi connectivity index (χ1n) is 6.92. The second-order valence-corrected chi connectivity index (χ2v) is 4.89. The van der Waals surface area contributed by atoms with Gasteiger partial charge in [0.15, 0.2) is 5.43 Å². The first-order valence-corrected chi connectivity index (χ1v) is 6.92. The van der Waals surface area contributed by atoms with Gasteiger partial charge in [-0.2, -0.15) is 0 Å². The van der Waals surface area contributed by atoms with Crippen LogP contribution < -0.4 is 10.7 Å². The van der Waals surface area contributed by atoms with E-state index >= 15 is 0 Å². The molecule has 2 N–H and O–H groups in total. The molecule has 0 atom stereocenters. The molecule has 2 aromatic carbocycles. The van der Waals surface area contributed by atoms with Gasteiger partial charge < -0.3 is 14.8 Å². The van der Waals surface area contributed by atoms with E-state index in [9.17, 15) is 14.7 Å². The van der Waals surface area contributed by atoms with Crippen LogP contribution in [0.4, 0.5) is 5.69 Å². The van der Waals surface area contributed by atoms with Crippen LogP contribution in [-0.2, 0) is 4.79 Å². The molecule has 3 aromatic rings. The van der Waals surface area contributed by atoms with Crippen LogP contribution in [0.5, 0.6) is 5.75 Å². The zero-order valence-electron chi connectivity index (χ0n) is 12.0. The summed E-state index contributed by atoms with van der Waals surface area (Å²) in [7, 11) is 0. The fourth-order valence-electron chi connectivity index (χ4n) is 2.14. The van der Waals surface area contributed by atoms with Crippen molar-refractivity contribution in [3.63, 3.8) is 0 Å². The van der Waals surface area contributed by atoms with Crippen molar-refractivity contribution in [2.75, 3.05) is 5.32 Å². The molecule has 1 amide bonds. The number of nitrogens with one attached hydrogen (secondary N) is 1. The molecule has 23 heavy (non-hydrogen) atoms. The summed E-state index contributed by atoms with van der Waals surface area (Å²) >= 11 is 0. The lowest BCUT2D eigenvalue weighted by Gasteiger charge is -2.02. The minimum Gasteiger partial charge on any atom is -0.508 e. The van der Waals surface area contributed by atoms with Crippen molar-refractivity contribution in [1.29, 1.82) is 0 Å². The predicted molar refractivity (Wildman–Crippen MR) is 88.3 cm³/mol. The maximum Gasteiger partial charge on any atom is 0.248 e. The maximum atomic E-state index is 12.3. The summed E-state index contributed by atoms with van der Waals surface area (Å²) in [5, 5.41) is 12.4. The van der Waals surface area contributed by atoms with Gasteiger partial charge in [-0.05, 0) is 30.3 Å². The number of carbonyl (C=O) groups is 1. The van der Waals surface area contributed by atoms with Crippen LogP contribution in [0.3, 0.4) is 0 Å². The number of aromatic hydroxyl groups is 1. The van der Waals surface area contributed by atoms with Crippen molar-refractivity contribution in [2.24, 2.45) is 0 Å². The zero-order valence-corrected chi connectivity index (χ0v) is 12.0. The van der Waals surface area contributed by atoms with Crippen LogP contribution in [0.1, 0.15) is 5.56 Å². The summed E-state index contributed by atoms with van der Waals surface area (Å²) in [6.45, 7) is 0. The number of anilines is 1. The summed E-state index contributed by atoms with van der Waals surface area (Å²) < 4.78 is 5.37. The number of carbonyl (C=O) groups excluding carboxylic acids is 1. The molecule has 0 fully saturated rings. The summed E-state index contributed by atoms with van der Waals surface area (Å²) in [5.74, 6) is -0.356. The number of phenolic OH excluding ortho intramolecular Hbond substituents is 1. The molecule has 0 spiro atoms. The molecule has 0 unspecified atom stereocenters. The lowest BCUT2D eigenvalue weighted by atomic mass is 10.1. The van der Waals surface area contributed by atoms with Gasteiger partial charge in [-0.1, -0.05) is 18.2 Å². The molecule has 1 aromatic heterocycles. The Morgan fingerprint density at radius 3 is 2.78 bits per heavy atom. The molecule has 0 saturated heterocycles. The van der Waals surface area contributed by atoms with Gasteiger partial charge in [-0.3, -0.25) is 9.59 Å². The number of hydrogen-bond donors (Lipinski definition) is 2. The molecule has 0 aliphatic heterocycles. The second-order valence-electron chi connectivity index (χ2n) is 4.89. The average Bonchev–Trinajstić information content (AvgIpc) is 2.54. The van der Waals surface area contributed by atoms with E-state index in [0.717, 1.165) is 0 Å². The van der Waals surface area contributed by atoms with Crippen LogP contribution in [0.25, 0.3) is 17.0 Å². The van der Waals surface area contributed by atoms with E-state index in [1.54, 1.807) is 36.4 Å². The highest BCUT2D eigenvalue weighted by Gasteiger charge is 2.04. The van der Waals surface area contributed by atoms with Gasteiger partial charge in [-0.25, -0.2) is 0 Å². The standard InChI is InChI=1S/C18H13NO4/c20-14-5-3-4-13(10-14)19-17(21)9-8-12-11-23-16-7-2-1-6-15(16)18(12)22/h1-11,20H,(H,19,21)/b9-8+.